The van der Waals surface area contributed by atoms with Crippen LogP contribution in [-0.4, -0.2) is 23.7 Å². The molecule has 4 heteroatoms. The predicted octanol–water partition coefficient (Wildman–Crippen LogP) is 0.209. The third kappa shape index (κ3) is 1.49. The largest absolute Gasteiger partial charge is 0.479 e. The molecule has 0 spiro atoms. The van der Waals surface area contributed by atoms with Crippen molar-refractivity contribution in [1.29, 1.82) is 5.26 Å². The van der Waals surface area contributed by atoms with Gasteiger partial charge in [-0.1, -0.05) is 13.8 Å². The SMILES string of the molecule is CNC(C#N)(C(=O)O)C(C)C. The maximum Gasteiger partial charge on any atom is 0.339 e. The van der Waals surface area contributed by atoms with Crippen LogP contribution in [0.2, 0.25) is 0 Å². The van der Waals surface area contributed by atoms with Gasteiger partial charge in [0, 0.05) is 0 Å². The highest BCUT2D eigenvalue weighted by molar-refractivity contribution is 5.82. The molecule has 0 aliphatic carbocycles. The third-order valence-electron chi connectivity index (χ3n) is 1.77. The van der Waals surface area contributed by atoms with Gasteiger partial charge in [0.1, 0.15) is 0 Å². The van der Waals surface area contributed by atoms with Crippen molar-refractivity contribution < 1.29 is 9.90 Å². The average Bonchev–Trinajstić information content (AvgIpc) is 1.90. The van der Waals surface area contributed by atoms with Gasteiger partial charge in [-0.2, -0.15) is 5.26 Å². The van der Waals surface area contributed by atoms with Crippen LogP contribution in [0.1, 0.15) is 13.8 Å². The smallest absolute Gasteiger partial charge is 0.339 e. The van der Waals surface area contributed by atoms with Crippen molar-refractivity contribution in [2.24, 2.45) is 5.92 Å². The molecule has 1 unspecified atom stereocenters. The molecule has 11 heavy (non-hydrogen) atoms. The molecule has 4 nitrogen and oxygen atoms in total. The summed E-state index contributed by atoms with van der Waals surface area (Å²) in [5.74, 6) is -1.38. The first-order valence-corrected chi connectivity index (χ1v) is 3.34. The quantitative estimate of drug-likeness (QED) is 0.612. The van der Waals surface area contributed by atoms with Crippen LogP contribution in [-0.2, 0) is 4.79 Å². The van der Waals surface area contributed by atoms with Crippen LogP contribution in [0.4, 0.5) is 0 Å². The molecule has 0 bridgehead atoms. The van der Waals surface area contributed by atoms with E-state index in [1.807, 2.05) is 0 Å². The molecular formula is C7H12N2O2. The lowest BCUT2D eigenvalue weighted by Gasteiger charge is -2.24. The summed E-state index contributed by atoms with van der Waals surface area (Å²) in [6.45, 7) is 3.38. The number of likely N-dealkylation sites (N-methyl/N-ethyl adjacent to an activating group) is 1. The maximum absolute atomic E-state index is 10.6. The summed E-state index contributed by atoms with van der Waals surface area (Å²) in [5, 5.41) is 19.8. The van der Waals surface area contributed by atoms with Crippen LogP contribution >= 0.6 is 0 Å². The summed E-state index contributed by atoms with van der Waals surface area (Å²) in [4.78, 5) is 10.6. The number of carboxylic acids is 1. The zero-order valence-electron chi connectivity index (χ0n) is 6.88. The molecule has 0 aromatic carbocycles. The van der Waals surface area contributed by atoms with Crippen molar-refractivity contribution in [1.82, 2.24) is 5.32 Å². The first kappa shape index (κ1) is 9.92. The molecule has 0 aromatic heterocycles. The van der Waals surface area contributed by atoms with Gasteiger partial charge >= 0.3 is 5.97 Å². The van der Waals surface area contributed by atoms with Crippen LogP contribution < -0.4 is 5.32 Å². The van der Waals surface area contributed by atoms with E-state index in [0.29, 0.717) is 0 Å². The number of aliphatic carboxylic acids is 1. The lowest BCUT2D eigenvalue weighted by molar-refractivity contribution is -0.143. The molecule has 62 valence electrons. The van der Waals surface area contributed by atoms with E-state index in [-0.39, 0.29) is 5.92 Å². The summed E-state index contributed by atoms with van der Waals surface area (Å²) in [6.07, 6.45) is 0. The van der Waals surface area contributed by atoms with Gasteiger partial charge in [-0.15, -0.1) is 0 Å². The molecule has 0 saturated carbocycles. The third-order valence-corrected chi connectivity index (χ3v) is 1.77. The lowest BCUT2D eigenvalue weighted by atomic mass is 9.88. The highest BCUT2D eigenvalue weighted by Gasteiger charge is 2.40. The highest BCUT2D eigenvalue weighted by atomic mass is 16.4. The van der Waals surface area contributed by atoms with Crippen molar-refractivity contribution in [3.8, 4) is 6.07 Å². The molecule has 0 fully saturated rings. The Morgan fingerprint density at radius 2 is 2.18 bits per heavy atom. The van der Waals surface area contributed by atoms with Gasteiger partial charge in [-0.3, -0.25) is 5.32 Å². The fraction of sp³-hybridized carbons (Fsp3) is 0.714. The number of nitrogens with zero attached hydrogens (tertiary/aromatic N) is 1. The van der Waals surface area contributed by atoms with Crippen molar-refractivity contribution in [2.45, 2.75) is 19.4 Å². The topological polar surface area (TPSA) is 73.1 Å². The Balaban J connectivity index is 4.80. The van der Waals surface area contributed by atoms with Crippen LogP contribution in [0.25, 0.3) is 0 Å². The molecule has 0 aromatic rings. The van der Waals surface area contributed by atoms with Crippen LogP contribution in [0.3, 0.4) is 0 Å². The Morgan fingerprint density at radius 3 is 2.18 bits per heavy atom. The molecule has 0 rings (SSSR count). The number of nitriles is 1. The molecule has 0 aliphatic heterocycles. The van der Waals surface area contributed by atoms with Crippen molar-refractivity contribution in [2.75, 3.05) is 7.05 Å². The molecule has 0 heterocycles. The first-order valence-electron chi connectivity index (χ1n) is 3.34. The fourth-order valence-corrected chi connectivity index (χ4v) is 0.875. The van der Waals surface area contributed by atoms with E-state index in [9.17, 15) is 4.79 Å². The van der Waals surface area contributed by atoms with E-state index in [1.165, 1.54) is 7.05 Å². The minimum atomic E-state index is -1.44. The van der Waals surface area contributed by atoms with E-state index in [2.05, 4.69) is 5.32 Å². The Morgan fingerprint density at radius 1 is 1.73 bits per heavy atom. The van der Waals surface area contributed by atoms with E-state index >= 15 is 0 Å². The van der Waals surface area contributed by atoms with Crippen LogP contribution in [0.5, 0.6) is 0 Å². The second-order valence-corrected chi connectivity index (χ2v) is 2.63. The van der Waals surface area contributed by atoms with E-state index in [4.69, 9.17) is 10.4 Å². The number of nitrogens with one attached hydrogen (secondary N) is 1. The van der Waals surface area contributed by atoms with Gasteiger partial charge in [0.2, 0.25) is 5.54 Å². The average molecular weight is 156 g/mol. The second kappa shape index (κ2) is 3.35. The predicted molar refractivity (Wildman–Crippen MR) is 39.9 cm³/mol. The van der Waals surface area contributed by atoms with Crippen LogP contribution in [0.15, 0.2) is 0 Å². The van der Waals surface area contributed by atoms with E-state index in [1.54, 1.807) is 19.9 Å². The molecule has 0 radical (unpaired) electrons. The van der Waals surface area contributed by atoms with Crippen molar-refractivity contribution in [3.05, 3.63) is 0 Å². The number of hydrogen-bond acceptors (Lipinski definition) is 3. The number of rotatable bonds is 3. The van der Waals surface area contributed by atoms with Gasteiger partial charge in [-0.25, -0.2) is 4.79 Å². The molecule has 0 aliphatic rings. The molecule has 2 N–H and O–H groups in total. The Labute approximate surface area is 65.8 Å². The van der Waals surface area contributed by atoms with Crippen molar-refractivity contribution >= 4 is 5.97 Å². The highest BCUT2D eigenvalue weighted by Crippen LogP contribution is 2.15. The molecule has 0 saturated heterocycles. The summed E-state index contributed by atoms with van der Waals surface area (Å²) in [5.41, 5.74) is -1.44. The van der Waals surface area contributed by atoms with Gasteiger partial charge in [0.25, 0.3) is 0 Å². The Hall–Kier alpha value is -1.08. The Bertz CT molecular complexity index is 195. The molecule has 1 atom stereocenters. The number of carbonyl (C=O) groups is 1. The normalized spacial score (nSPS) is 15.5. The summed E-state index contributed by atoms with van der Waals surface area (Å²) < 4.78 is 0. The maximum atomic E-state index is 10.6. The minimum absolute atomic E-state index is 0.255. The lowest BCUT2D eigenvalue weighted by Crippen LogP contribution is -2.53. The zero-order chi connectivity index (χ0) is 9.07. The molecular weight excluding hydrogens is 144 g/mol. The van der Waals surface area contributed by atoms with Gasteiger partial charge < -0.3 is 5.11 Å². The van der Waals surface area contributed by atoms with E-state index in [0.717, 1.165) is 0 Å². The summed E-state index contributed by atoms with van der Waals surface area (Å²) in [7, 11) is 1.47. The zero-order valence-corrected chi connectivity index (χ0v) is 6.88. The minimum Gasteiger partial charge on any atom is -0.479 e. The van der Waals surface area contributed by atoms with Crippen LogP contribution in [0, 0.1) is 17.2 Å². The first-order chi connectivity index (χ1) is 5.01. The van der Waals surface area contributed by atoms with E-state index < -0.39 is 11.5 Å². The second-order valence-electron chi connectivity index (χ2n) is 2.63. The summed E-state index contributed by atoms with van der Waals surface area (Å²) in [6, 6.07) is 1.75. The number of carboxylic acid groups (broad SMARTS) is 1. The molecule has 0 amide bonds. The van der Waals surface area contributed by atoms with Gasteiger partial charge in [-0.05, 0) is 13.0 Å². The van der Waals surface area contributed by atoms with Crippen molar-refractivity contribution in [3.63, 3.8) is 0 Å². The Kier molecular flexibility index (Phi) is 3.02. The van der Waals surface area contributed by atoms with Gasteiger partial charge in [0.15, 0.2) is 0 Å². The van der Waals surface area contributed by atoms with Gasteiger partial charge in [0.05, 0.1) is 6.07 Å². The monoisotopic (exact) mass is 156 g/mol. The fourth-order valence-electron chi connectivity index (χ4n) is 0.875. The summed E-state index contributed by atoms with van der Waals surface area (Å²) >= 11 is 0. The number of hydrogen-bond donors (Lipinski definition) is 2. The standard InChI is InChI=1S/C7H12N2O2/c1-5(2)7(4-8,9-3)6(10)11/h5,9H,1-3H3,(H,10,11).